The van der Waals surface area contributed by atoms with Crippen molar-refractivity contribution >= 4 is 23.4 Å². The number of hydrogen-bond acceptors (Lipinski definition) is 7. The zero-order valence-electron chi connectivity index (χ0n) is 12.2. The summed E-state index contributed by atoms with van der Waals surface area (Å²) in [6.07, 6.45) is 0.274. The Balaban J connectivity index is 1.60. The van der Waals surface area contributed by atoms with Crippen LogP contribution in [0.15, 0.2) is 34.2 Å². The van der Waals surface area contributed by atoms with E-state index < -0.39 is 0 Å². The summed E-state index contributed by atoms with van der Waals surface area (Å²) in [5.74, 6) is 1.70. The largest absolute Gasteiger partial charge is 0.486 e. The number of aromatic amines is 1. The number of H-pyrrole nitrogens is 1. The Bertz CT molecular complexity index is 791. The lowest BCUT2D eigenvalue weighted by molar-refractivity contribution is -0.116. The van der Waals surface area contributed by atoms with Crippen LogP contribution in [0.4, 0.5) is 5.82 Å². The molecule has 0 unspecified atom stereocenters. The van der Waals surface area contributed by atoms with Gasteiger partial charge in [0.05, 0.1) is 5.75 Å². The molecule has 1 aliphatic rings. The van der Waals surface area contributed by atoms with E-state index in [2.05, 4.69) is 9.97 Å². The molecule has 23 heavy (non-hydrogen) atoms. The van der Waals surface area contributed by atoms with E-state index in [4.69, 9.17) is 15.2 Å². The van der Waals surface area contributed by atoms with Gasteiger partial charge in [-0.15, -0.1) is 0 Å². The summed E-state index contributed by atoms with van der Waals surface area (Å²) in [5.41, 5.74) is 6.02. The van der Waals surface area contributed by atoms with Crippen LogP contribution in [0.1, 0.15) is 5.56 Å². The molecule has 0 saturated carbocycles. The minimum Gasteiger partial charge on any atom is -0.486 e. The molecule has 0 spiro atoms. The number of rotatable bonds is 5. The van der Waals surface area contributed by atoms with Gasteiger partial charge < -0.3 is 20.2 Å². The molecular weight excluding hydrogens is 318 g/mol. The molecule has 1 aromatic carbocycles. The fourth-order valence-corrected chi connectivity index (χ4v) is 2.89. The van der Waals surface area contributed by atoms with Crippen LogP contribution >= 0.6 is 11.8 Å². The van der Waals surface area contributed by atoms with Gasteiger partial charge in [-0.1, -0.05) is 17.8 Å². The lowest BCUT2D eigenvalue weighted by Gasteiger charge is -2.18. The quantitative estimate of drug-likeness (QED) is 0.621. The number of nitrogens with two attached hydrogens (primary N) is 1. The first-order chi connectivity index (χ1) is 11.1. The predicted molar refractivity (Wildman–Crippen MR) is 86.1 cm³/mol. The van der Waals surface area contributed by atoms with E-state index in [-0.39, 0.29) is 29.3 Å². The van der Waals surface area contributed by atoms with Crippen molar-refractivity contribution in [3.05, 3.63) is 40.2 Å². The highest BCUT2D eigenvalue weighted by atomic mass is 32.2. The minimum absolute atomic E-state index is 0.0109. The Kier molecular flexibility index (Phi) is 4.52. The Morgan fingerprint density at radius 3 is 2.83 bits per heavy atom. The third-order valence-electron chi connectivity index (χ3n) is 3.12. The van der Waals surface area contributed by atoms with Crippen LogP contribution in [0.25, 0.3) is 0 Å². The first kappa shape index (κ1) is 15.4. The highest BCUT2D eigenvalue weighted by Gasteiger charge is 2.13. The number of ketones is 1. The number of nitrogens with zero attached hydrogens (tertiary/aromatic N) is 1. The van der Waals surface area contributed by atoms with Gasteiger partial charge in [0.1, 0.15) is 24.8 Å². The van der Waals surface area contributed by atoms with Crippen molar-refractivity contribution < 1.29 is 14.3 Å². The van der Waals surface area contributed by atoms with Gasteiger partial charge in [0.2, 0.25) is 0 Å². The fourth-order valence-electron chi connectivity index (χ4n) is 2.15. The molecule has 3 N–H and O–H groups in total. The molecule has 0 atom stereocenters. The van der Waals surface area contributed by atoms with E-state index in [0.717, 1.165) is 17.3 Å². The van der Waals surface area contributed by atoms with Crippen LogP contribution < -0.4 is 20.8 Å². The topological polar surface area (TPSA) is 107 Å². The monoisotopic (exact) mass is 333 g/mol. The molecular formula is C15H15N3O4S. The van der Waals surface area contributed by atoms with Crippen molar-refractivity contribution in [1.29, 1.82) is 0 Å². The highest BCUT2D eigenvalue weighted by molar-refractivity contribution is 7.99. The van der Waals surface area contributed by atoms with E-state index in [1.165, 1.54) is 6.07 Å². The first-order valence-electron chi connectivity index (χ1n) is 7.00. The molecule has 1 aromatic heterocycles. The van der Waals surface area contributed by atoms with Crippen LogP contribution in [0.2, 0.25) is 0 Å². The van der Waals surface area contributed by atoms with Gasteiger partial charge in [-0.2, -0.15) is 0 Å². The van der Waals surface area contributed by atoms with E-state index >= 15 is 0 Å². The molecule has 0 aliphatic carbocycles. The summed E-state index contributed by atoms with van der Waals surface area (Å²) in [7, 11) is 0. The maximum Gasteiger partial charge on any atom is 0.253 e. The van der Waals surface area contributed by atoms with Gasteiger partial charge in [0, 0.05) is 12.5 Å². The second-order valence-electron chi connectivity index (χ2n) is 4.96. The maximum atomic E-state index is 12.1. The number of carbonyl (C=O) groups is 1. The third-order valence-corrected chi connectivity index (χ3v) is 4.05. The number of carbonyl (C=O) groups excluding carboxylic acids is 1. The minimum atomic E-state index is -0.334. The maximum absolute atomic E-state index is 12.1. The summed E-state index contributed by atoms with van der Waals surface area (Å²) in [4.78, 5) is 29.9. The van der Waals surface area contributed by atoms with Gasteiger partial charge in [-0.3, -0.25) is 9.59 Å². The Morgan fingerprint density at radius 1 is 1.26 bits per heavy atom. The summed E-state index contributed by atoms with van der Waals surface area (Å²) < 4.78 is 10.9. The summed E-state index contributed by atoms with van der Waals surface area (Å²) >= 11 is 1.15. The number of anilines is 1. The van der Waals surface area contributed by atoms with Crippen LogP contribution in [0.5, 0.6) is 11.5 Å². The van der Waals surface area contributed by atoms with Crippen molar-refractivity contribution in [3.63, 3.8) is 0 Å². The second-order valence-corrected chi connectivity index (χ2v) is 5.92. The second kappa shape index (κ2) is 6.74. The standard InChI is InChI=1S/C15H15N3O4S/c16-13-7-14(20)18-15(17-13)23-8-10(19)5-9-1-2-11-12(6-9)22-4-3-21-11/h1-2,6-7H,3-5,8H2,(H3,16,17,18,20). The molecule has 0 saturated heterocycles. The number of hydrogen-bond donors (Lipinski definition) is 2. The Morgan fingerprint density at radius 2 is 2.04 bits per heavy atom. The van der Waals surface area contributed by atoms with Crippen molar-refractivity contribution in [3.8, 4) is 11.5 Å². The number of nitrogen functional groups attached to an aromatic ring is 1. The van der Waals surface area contributed by atoms with E-state index in [1.807, 2.05) is 12.1 Å². The smallest absolute Gasteiger partial charge is 0.253 e. The van der Waals surface area contributed by atoms with Crippen molar-refractivity contribution in [1.82, 2.24) is 9.97 Å². The molecule has 1 aliphatic heterocycles. The van der Waals surface area contributed by atoms with Crippen LogP contribution in [-0.2, 0) is 11.2 Å². The van der Waals surface area contributed by atoms with E-state index in [9.17, 15) is 9.59 Å². The molecule has 0 radical (unpaired) electrons. The number of thioether (sulfide) groups is 1. The number of fused-ring (bicyclic) bond motifs is 1. The molecule has 3 rings (SSSR count). The normalized spacial score (nSPS) is 12.9. The van der Waals surface area contributed by atoms with E-state index in [0.29, 0.717) is 29.9 Å². The molecule has 7 nitrogen and oxygen atoms in total. The molecule has 2 aromatic rings. The summed E-state index contributed by atoms with van der Waals surface area (Å²) in [6, 6.07) is 6.66. The number of nitrogens with one attached hydrogen (secondary N) is 1. The average Bonchev–Trinajstić information content (AvgIpc) is 2.52. The average molecular weight is 333 g/mol. The molecule has 0 fully saturated rings. The van der Waals surface area contributed by atoms with Gasteiger partial charge in [-0.05, 0) is 17.7 Å². The summed E-state index contributed by atoms with van der Waals surface area (Å²) in [6.45, 7) is 1.04. The van der Waals surface area contributed by atoms with Crippen molar-refractivity contribution in [2.24, 2.45) is 0 Å². The van der Waals surface area contributed by atoms with Gasteiger partial charge in [0.15, 0.2) is 16.7 Å². The van der Waals surface area contributed by atoms with Crippen molar-refractivity contribution in [2.75, 3.05) is 24.7 Å². The van der Waals surface area contributed by atoms with Crippen LogP contribution in [0.3, 0.4) is 0 Å². The lowest BCUT2D eigenvalue weighted by Crippen LogP contribution is -2.16. The zero-order chi connectivity index (χ0) is 16.2. The summed E-state index contributed by atoms with van der Waals surface area (Å²) in [5, 5.41) is 0.338. The highest BCUT2D eigenvalue weighted by Crippen LogP contribution is 2.31. The third kappa shape index (κ3) is 4.04. The number of Topliss-reactive ketones (excluding diaryl/α,β-unsaturated/α-hetero) is 1. The van der Waals surface area contributed by atoms with Crippen molar-refractivity contribution in [2.45, 2.75) is 11.6 Å². The number of ether oxygens (including phenoxy) is 2. The molecule has 8 heteroatoms. The van der Waals surface area contributed by atoms with Gasteiger partial charge in [-0.25, -0.2) is 4.98 Å². The predicted octanol–water partition coefficient (Wildman–Crippen LogP) is 1.03. The number of aromatic nitrogens is 2. The lowest BCUT2D eigenvalue weighted by atomic mass is 10.1. The fraction of sp³-hybridized carbons (Fsp3) is 0.267. The first-order valence-corrected chi connectivity index (χ1v) is 7.98. The van der Waals surface area contributed by atoms with Crippen LogP contribution in [0, 0.1) is 0 Å². The van der Waals surface area contributed by atoms with Gasteiger partial charge in [0.25, 0.3) is 5.56 Å². The molecule has 0 bridgehead atoms. The molecule has 0 amide bonds. The molecule has 120 valence electrons. The Labute approximate surface area is 136 Å². The van der Waals surface area contributed by atoms with Crippen LogP contribution in [-0.4, -0.2) is 34.7 Å². The SMILES string of the molecule is Nc1cc(=O)[nH]c(SCC(=O)Cc2ccc3c(c2)OCCO3)n1. The Hall–Kier alpha value is -2.48. The molecule has 2 heterocycles. The zero-order valence-corrected chi connectivity index (χ0v) is 13.0. The number of benzene rings is 1. The van der Waals surface area contributed by atoms with E-state index in [1.54, 1.807) is 6.07 Å². The van der Waals surface area contributed by atoms with Gasteiger partial charge >= 0.3 is 0 Å².